The average Bonchev–Trinajstić information content (AvgIpc) is 3.66. The number of para-hydroxylation sites is 4. The van der Waals surface area contributed by atoms with E-state index >= 15 is 0 Å². The Morgan fingerprint density at radius 3 is 1.79 bits per heavy atom. The van der Waals surface area contributed by atoms with Crippen molar-refractivity contribution in [3.05, 3.63) is 146 Å². The standard InChI is InChI=1S/C42H25BN2O2/c1-5-13-34-28(9-1)30-21-25(17-19-35(30)44-34)26-18-20-37-31(22-26)29-10-2-6-14-36(29)45(37)27-23-40-42-41(24-27)47-39-16-8-4-12-33(39)43(42)32-11-3-7-15-38(32)46-40/h1-24,44H. The van der Waals surface area contributed by atoms with E-state index in [4.69, 9.17) is 9.47 Å². The average molecular weight is 600 g/mol. The molecule has 5 heteroatoms. The smallest absolute Gasteiger partial charge is 0.260 e. The summed E-state index contributed by atoms with van der Waals surface area (Å²) < 4.78 is 15.6. The zero-order valence-electron chi connectivity index (χ0n) is 25.2. The van der Waals surface area contributed by atoms with Crippen molar-refractivity contribution in [2.45, 2.75) is 0 Å². The van der Waals surface area contributed by atoms with E-state index in [2.05, 4.69) is 143 Å². The summed E-state index contributed by atoms with van der Waals surface area (Å²) in [5.41, 5.74) is 11.4. The highest BCUT2D eigenvalue weighted by atomic mass is 16.5. The monoisotopic (exact) mass is 600 g/mol. The number of nitrogens with one attached hydrogen (secondary N) is 1. The summed E-state index contributed by atoms with van der Waals surface area (Å²) >= 11 is 0. The molecule has 0 spiro atoms. The van der Waals surface area contributed by atoms with Gasteiger partial charge in [0.15, 0.2) is 0 Å². The first-order valence-corrected chi connectivity index (χ1v) is 16.0. The quantitative estimate of drug-likeness (QED) is 0.202. The molecule has 7 aromatic carbocycles. The Hall–Kier alpha value is -6.20. The van der Waals surface area contributed by atoms with Crippen molar-refractivity contribution in [1.29, 1.82) is 0 Å². The Morgan fingerprint density at radius 1 is 0.447 bits per heavy atom. The lowest BCUT2D eigenvalue weighted by Crippen LogP contribution is -2.57. The van der Waals surface area contributed by atoms with Crippen molar-refractivity contribution in [1.82, 2.24) is 9.55 Å². The number of hydrogen-bond donors (Lipinski definition) is 1. The molecular formula is C42H25BN2O2. The number of rotatable bonds is 2. The van der Waals surface area contributed by atoms with Crippen LogP contribution in [0.1, 0.15) is 0 Å². The molecule has 4 nitrogen and oxygen atoms in total. The lowest BCUT2D eigenvalue weighted by molar-refractivity contribution is 0.464. The molecule has 2 aliphatic rings. The molecule has 0 unspecified atom stereocenters. The van der Waals surface area contributed by atoms with E-state index in [1.165, 1.54) is 43.6 Å². The first-order chi connectivity index (χ1) is 23.3. The van der Waals surface area contributed by atoms with Crippen LogP contribution in [0.4, 0.5) is 0 Å². The van der Waals surface area contributed by atoms with Gasteiger partial charge in [-0.3, -0.25) is 0 Å². The van der Waals surface area contributed by atoms with Crippen molar-refractivity contribution < 1.29 is 9.47 Å². The van der Waals surface area contributed by atoms with Gasteiger partial charge in [0.05, 0.1) is 16.7 Å². The van der Waals surface area contributed by atoms with Gasteiger partial charge in [0, 0.05) is 50.2 Å². The number of fused-ring (bicyclic) bond motifs is 10. The Balaban J connectivity index is 1.12. The van der Waals surface area contributed by atoms with Crippen LogP contribution in [0.15, 0.2) is 146 Å². The van der Waals surface area contributed by atoms with Crippen molar-refractivity contribution in [3.8, 4) is 39.8 Å². The van der Waals surface area contributed by atoms with Crippen LogP contribution in [0.25, 0.3) is 60.4 Å². The van der Waals surface area contributed by atoms with E-state index in [0.29, 0.717) is 0 Å². The molecule has 2 aromatic heterocycles. The van der Waals surface area contributed by atoms with E-state index in [9.17, 15) is 0 Å². The molecule has 0 saturated carbocycles. The predicted molar refractivity (Wildman–Crippen MR) is 193 cm³/mol. The molecular weight excluding hydrogens is 575 g/mol. The minimum Gasteiger partial charge on any atom is -0.458 e. The first-order valence-electron chi connectivity index (χ1n) is 16.0. The van der Waals surface area contributed by atoms with E-state index in [-0.39, 0.29) is 6.71 Å². The second-order valence-electron chi connectivity index (χ2n) is 12.6. The third-order valence-electron chi connectivity index (χ3n) is 10.0. The van der Waals surface area contributed by atoms with Crippen LogP contribution >= 0.6 is 0 Å². The van der Waals surface area contributed by atoms with Gasteiger partial charge in [0.25, 0.3) is 6.71 Å². The molecule has 0 radical (unpaired) electrons. The van der Waals surface area contributed by atoms with Gasteiger partial charge in [-0.2, -0.15) is 0 Å². The largest absolute Gasteiger partial charge is 0.458 e. The number of benzene rings is 7. The van der Waals surface area contributed by atoms with E-state index in [0.717, 1.165) is 56.2 Å². The van der Waals surface area contributed by atoms with E-state index in [1.54, 1.807) is 0 Å². The number of aromatic amines is 1. The minimum atomic E-state index is 0.0548. The summed E-state index contributed by atoms with van der Waals surface area (Å²) in [4.78, 5) is 3.56. The molecule has 0 atom stereocenters. The summed E-state index contributed by atoms with van der Waals surface area (Å²) in [5.74, 6) is 3.46. The van der Waals surface area contributed by atoms with Crippen LogP contribution in [0.5, 0.6) is 23.0 Å². The molecule has 218 valence electrons. The Morgan fingerprint density at radius 2 is 1.02 bits per heavy atom. The molecule has 47 heavy (non-hydrogen) atoms. The second kappa shape index (κ2) is 9.18. The molecule has 1 N–H and O–H groups in total. The van der Waals surface area contributed by atoms with Gasteiger partial charge < -0.3 is 19.0 Å². The molecule has 11 rings (SSSR count). The van der Waals surface area contributed by atoms with Gasteiger partial charge in [-0.25, -0.2) is 0 Å². The van der Waals surface area contributed by atoms with Crippen LogP contribution in [-0.2, 0) is 0 Å². The lowest BCUT2D eigenvalue weighted by atomic mass is 9.35. The maximum absolute atomic E-state index is 6.64. The fourth-order valence-corrected chi connectivity index (χ4v) is 7.97. The van der Waals surface area contributed by atoms with Gasteiger partial charge >= 0.3 is 0 Å². The van der Waals surface area contributed by atoms with E-state index < -0.39 is 0 Å². The second-order valence-corrected chi connectivity index (χ2v) is 12.6. The zero-order valence-corrected chi connectivity index (χ0v) is 25.2. The molecule has 2 aliphatic heterocycles. The molecule has 0 aliphatic carbocycles. The molecule has 0 saturated heterocycles. The van der Waals surface area contributed by atoms with Crippen molar-refractivity contribution in [2.24, 2.45) is 0 Å². The lowest BCUT2D eigenvalue weighted by Gasteiger charge is -2.33. The van der Waals surface area contributed by atoms with Gasteiger partial charge in [-0.1, -0.05) is 84.9 Å². The third kappa shape index (κ3) is 3.48. The fourth-order valence-electron chi connectivity index (χ4n) is 7.97. The molecule has 0 bridgehead atoms. The van der Waals surface area contributed by atoms with Crippen LogP contribution < -0.4 is 25.9 Å². The predicted octanol–water partition coefficient (Wildman–Crippen LogP) is 8.81. The summed E-state index contributed by atoms with van der Waals surface area (Å²) in [5, 5.41) is 4.90. The van der Waals surface area contributed by atoms with Gasteiger partial charge in [-0.15, -0.1) is 0 Å². The van der Waals surface area contributed by atoms with Crippen LogP contribution in [-0.4, -0.2) is 16.3 Å². The van der Waals surface area contributed by atoms with Crippen LogP contribution in [0.2, 0.25) is 0 Å². The number of hydrogen-bond acceptors (Lipinski definition) is 2. The number of aromatic nitrogens is 2. The topological polar surface area (TPSA) is 39.2 Å². The minimum absolute atomic E-state index is 0.0548. The summed E-state index contributed by atoms with van der Waals surface area (Å²) in [6.07, 6.45) is 0. The molecule has 0 fully saturated rings. The van der Waals surface area contributed by atoms with Crippen LogP contribution in [0, 0.1) is 0 Å². The maximum Gasteiger partial charge on any atom is 0.260 e. The van der Waals surface area contributed by atoms with Crippen molar-refractivity contribution in [3.63, 3.8) is 0 Å². The van der Waals surface area contributed by atoms with Crippen molar-refractivity contribution in [2.75, 3.05) is 0 Å². The SMILES string of the molecule is c1ccc2c(c1)Oc1cc(-n3c4ccccc4c4cc(-c5ccc6[nH]c7ccccc7c6c5)ccc43)cc3c1B2c1ccccc1O3. The number of ether oxygens (including phenoxy) is 2. The van der Waals surface area contributed by atoms with Crippen molar-refractivity contribution >= 4 is 66.7 Å². The van der Waals surface area contributed by atoms with Gasteiger partial charge in [-0.05, 0) is 70.6 Å². The summed E-state index contributed by atoms with van der Waals surface area (Å²) in [6.45, 7) is 0.0548. The van der Waals surface area contributed by atoms with Crippen LogP contribution in [0.3, 0.4) is 0 Å². The summed E-state index contributed by atoms with van der Waals surface area (Å²) in [7, 11) is 0. The highest BCUT2D eigenvalue weighted by molar-refractivity contribution is 6.98. The van der Waals surface area contributed by atoms with Gasteiger partial charge in [0.1, 0.15) is 23.0 Å². The van der Waals surface area contributed by atoms with E-state index in [1.807, 2.05) is 12.1 Å². The summed E-state index contributed by atoms with van der Waals surface area (Å²) in [6, 6.07) is 51.8. The molecule has 9 aromatic rings. The Bertz CT molecular complexity index is 2700. The maximum atomic E-state index is 6.64. The zero-order chi connectivity index (χ0) is 30.6. The Labute approximate surface area is 270 Å². The normalized spacial score (nSPS) is 13.0. The number of H-pyrrole nitrogens is 1. The molecule has 4 heterocycles. The molecule has 0 amide bonds. The Kier molecular flexibility index (Phi) is 4.89. The fraction of sp³-hybridized carbons (Fsp3) is 0. The third-order valence-corrected chi connectivity index (χ3v) is 10.0. The van der Waals surface area contributed by atoms with Gasteiger partial charge in [0.2, 0.25) is 0 Å². The number of nitrogens with zero attached hydrogens (tertiary/aromatic N) is 1. The highest BCUT2D eigenvalue weighted by Crippen LogP contribution is 2.40. The highest BCUT2D eigenvalue weighted by Gasteiger charge is 2.40. The first kappa shape index (κ1) is 25.0.